The van der Waals surface area contributed by atoms with Crippen LogP contribution >= 0.6 is 15.9 Å². The standard InChI is InChI=1S/C14H18BrN3O/c1-9-6-12(18(3)17-9)8-19-14-7-11(15)4-5-13(14)10(2)16/h4-7,10H,8,16H2,1-3H3. The van der Waals surface area contributed by atoms with Crippen molar-refractivity contribution in [3.63, 3.8) is 0 Å². The summed E-state index contributed by atoms with van der Waals surface area (Å²) in [4.78, 5) is 0. The maximum Gasteiger partial charge on any atom is 0.130 e. The summed E-state index contributed by atoms with van der Waals surface area (Å²) < 4.78 is 8.70. The lowest BCUT2D eigenvalue weighted by molar-refractivity contribution is 0.290. The number of hydrogen-bond donors (Lipinski definition) is 1. The second-order valence-corrected chi connectivity index (χ2v) is 5.58. The second-order valence-electron chi connectivity index (χ2n) is 4.66. The van der Waals surface area contributed by atoms with Crippen LogP contribution in [0.25, 0.3) is 0 Å². The third-order valence-corrected chi connectivity index (χ3v) is 3.43. The minimum Gasteiger partial charge on any atom is -0.487 e. The van der Waals surface area contributed by atoms with E-state index in [-0.39, 0.29) is 6.04 Å². The van der Waals surface area contributed by atoms with Crippen LogP contribution < -0.4 is 10.5 Å². The minimum atomic E-state index is -0.0589. The third kappa shape index (κ3) is 3.36. The van der Waals surface area contributed by atoms with Gasteiger partial charge in [-0.1, -0.05) is 22.0 Å². The molecule has 0 spiro atoms. The van der Waals surface area contributed by atoms with Gasteiger partial charge in [0.15, 0.2) is 0 Å². The van der Waals surface area contributed by atoms with Crippen LogP contribution in [0.5, 0.6) is 5.75 Å². The first-order chi connectivity index (χ1) is 8.97. The maximum atomic E-state index is 5.95. The molecule has 2 rings (SSSR count). The maximum absolute atomic E-state index is 5.95. The van der Waals surface area contributed by atoms with Gasteiger partial charge in [0, 0.05) is 23.1 Å². The monoisotopic (exact) mass is 323 g/mol. The zero-order chi connectivity index (χ0) is 14.0. The van der Waals surface area contributed by atoms with E-state index in [1.165, 1.54) is 0 Å². The van der Waals surface area contributed by atoms with Gasteiger partial charge >= 0.3 is 0 Å². The molecule has 0 aliphatic heterocycles. The van der Waals surface area contributed by atoms with Crippen LogP contribution in [0, 0.1) is 6.92 Å². The fraction of sp³-hybridized carbons (Fsp3) is 0.357. The first-order valence-electron chi connectivity index (χ1n) is 6.14. The summed E-state index contributed by atoms with van der Waals surface area (Å²) in [5, 5.41) is 4.30. The van der Waals surface area contributed by atoms with E-state index in [2.05, 4.69) is 21.0 Å². The lowest BCUT2D eigenvalue weighted by Crippen LogP contribution is -2.09. The zero-order valence-corrected chi connectivity index (χ0v) is 12.9. The number of aromatic nitrogens is 2. The Kier molecular flexibility index (Phi) is 4.27. The Bertz CT molecular complexity index is 578. The van der Waals surface area contributed by atoms with Crippen molar-refractivity contribution < 1.29 is 4.74 Å². The molecule has 2 aromatic rings. The third-order valence-electron chi connectivity index (χ3n) is 2.94. The summed E-state index contributed by atoms with van der Waals surface area (Å²) >= 11 is 3.45. The fourth-order valence-electron chi connectivity index (χ4n) is 1.96. The molecular weight excluding hydrogens is 306 g/mol. The van der Waals surface area contributed by atoms with E-state index in [1.54, 1.807) is 0 Å². The van der Waals surface area contributed by atoms with Crippen LogP contribution in [0.2, 0.25) is 0 Å². The Morgan fingerprint density at radius 2 is 2.16 bits per heavy atom. The van der Waals surface area contributed by atoms with E-state index in [9.17, 15) is 0 Å². The topological polar surface area (TPSA) is 53.1 Å². The fourth-order valence-corrected chi connectivity index (χ4v) is 2.30. The normalized spacial score (nSPS) is 12.5. The van der Waals surface area contributed by atoms with Crippen molar-refractivity contribution in [1.29, 1.82) is 0 Å². The molecule has 1 atom stereocenters. The molecule has 0 radical (unpaired) electrons. The molecule has 0 amide bonds. The quantitative estimate of drug-likeness (QED) is 0.940. The van der Waals surface area contributed by atoms with Crippen LogP contribution in [0.4, 0.5) is 0 Å². The number of hydrogen-bond acceptors (Lipinski definition) is 3. The van der Waals surface area contributed by atoms with Crippen molar-refractivity contribution in [3.8, 4) is 5.75 Å². The summed E-state index contributed by atoms with van der Waals surface area (Å²) in [7, 11) is 1.92. The summed E-state index contributed by atoms with van der Waals surface area (Å²) in [6.45, 7) is 4.40. The van der Waals surface area contributed by atoms with Crippen molar-refractivity contribution in [2.75, 3.05) is 0 Å². The molecule has 0 aliphatic carbocycles. The molecule has 1 aromatic carbocycles. The van der Waals surface area contributed by atoms with Gasteiger partial charge in [-0.05, 0) is 32.0 Å². The highest BCUT2D eigenvalue weighted by Crippen LogP contribution is 2.28. The van der Waals surface area contributed by atoms with Gasteiger partial charge in [-0.25, -0.2) is 0 Å². The van der Waals surface area contributed by atoms with E-state index in [1.807, 2.05) is 49.8 Å². The number of nitrogens with two attached hydrogens (primary N) is 1. The van der Waals surface area contributed by atoms with Crippen LogP contribution in [-0.4, -0.2) is 9.78 Å². The predicted octanol–water partition coefficient (Wildman–Crippen LogP) is 3.09. The van der Waals surface area contributed by atoms with Crippen LogP contribution in [0.15, 0.2) is 28.7 Å². The van der Waals surface area contributed by atoms with Crippen molar-refractivity contribution in [1.82, 2.24) is 9.78 Å². The number of rotatable bonds is 4. The van der Waals surface area contributed by atoms with Gasteiger partial charge in [-0.3, -0.25) is 4.68 Å². The van der Waals surface area contributed by atoms with Gasteiger partial charge in [0.2, 0.25) is 0 Å². The number of halogens is 1. The first-order valence-corrected chi connectivity index (χ1v) is 6.94. The molecule has 0 fully saturated rings. The second kappa shape index (κ2) is 5.75. The Morgan fingerprint density at radius 1 is 1.42 bits per heavy atom. The first kappa shape index (κ1) is 14.1. The van der Waals surface area contributed by atoms with E-state index in [4.69, 9.17) is 10.5 Å². The molecule has 0 aliphatic rings. The van der Waals surface area contributed by atoms with Crippen LogP contribution in [0.3, 0.4) is 0 Å². The van der Waals surface area contributed by atoms with Gasteiger partial charge in [0.05, 0.1) is 11.4 Å². The summed E-state index contributed by atoms with van der Waals surface area (Å²) in [6, 6.07) is 7.86. The summed E-state index contributed by atoms with van der Waals surface area (Å²) in [5.74, 6) is 0.809. The zero-order valence-electron chi connectivity index (χ0n) is 11.4. The average Bonchev–Trinajstić information content (AvgIpc) is 2.65. The summed E-state index contributed by atoms with van der Waals surface area (Å²) in [5.41, 5.74) is 8.98. The lowest BCUT2D eigenvalue weighted by Gasteiger charge is -2.14. The van der Waals surface area contributed by atoms with Gasteiger partial charge in [-0.2, -0.15) is 5.10 Å². The molecule has 5 heteroatoms. The highest BCUT2D eigenvalue weighted by atomic mass is 79.9. The van der Waals surface area contributed by atoms with E-state index < -0.39 is 0 Å². The van der Waals surface area contributed by atoms with E-state index >= 15 is 0 Å². The van der Waals surface area contributed by atoms with Gasteiger partial charge in [0.1, 0.15) is 12.4 Å². The minimum absolute atomic E-state index is 0.0589. The Morgan fingerprint density at radius 3 is 2.74 bits per heavy atom. The van der Waals surface area contributed by atoms with Crippen LogP contribution in [-0.2, 0) is 13.7 Å². The average molecular weight is 324 g/mol. The largest absolute Gasteiger partial charge is 0.487 e. The highest BCUT2D eigenvalue weighted by molar-refractivity contribution is 9.10. The smallest absolute Gasteiger partial charge is 0.130 e. The van der Waals surface area contributed by atoms with Gasteiger partial charge in [0.25, 0.3) is 0 Å². The Hall–Kier alpha value is -1.33. The van der Waals surface area contributed by atoms with Gasteiger partial charge < -0.3 is 10.5 Å². The Labute approximate surface area is 121 Å². The molecule has 19 heavy (non-hydrogen) atoms. The van der Waals surface area contributed by atoms with E-state index in [0.29, 0.717) is 6.61 Å². The molecule has 102 valence electrons. The van der Waals surface area contributed by atoms with Crippen molar-refractivity contribution >= 4 is 15.9 Å². The molecule has 0 saturated heterocycles. The molecule has 1 unspecified atom stereocenters. The molecule has 0 saturated carbocycles. The highest BCUT2D eigenvalue weighted by Gasteiger charge is 2.10. The van der Waals surface area contributed by atoms with Gasteiger partial charge in [-0.15, -0.1) is 0 Å². The number of benzene rings is 1. The molecular formula is C14H18BrN3O. The predicted molar refractivity (Wildman–Crippen MR) is 79.0 cm³/mol. The number of nitrogens with zero attached hydrogens (tertiary/aromatic N) is 2. The number of aryl methyl sites for hydroxylation is 2. The van der Waals surface area contributed by atoms with Crippen LogP contribution in [0.1, 0.15) is 29.9 Å². The Balaban J connectivity index is 2.19. The molecule has 1 heterocycles. The molecule has 4 nitrogen and oxygen atoms in total. The molecule has 0 bridgehead atoms. The SMILES string of the molecule is Cc1cc(COc2cc(Br)ccc2C(C)N)n(C)n1. The van der Waals surface area contributed by atoms with Crippen molar-refractivity contribution in [2.45, 2.75) is 26.5 Å². The summed E-state index contributed by atoms with van der Waals surface area (Å²) in [6.07, 6.45) is 0. The van der Waals surface area contributed by atoms with Crippen molar-refractivity contribution in [3.05, 3.63) is 45.7 Å². The lowest BCUT2D eigenvalue weighted by atomic mass is 10.1. The molecule has 2 N–H and O–H groups in total. The van der Waals surface area contributed by atoms with E-state index in [0.717, 1.165) is 27.2 Å². The molecule has 1 aromatic heterocycles. The van der Waals surface area contributed by atoms with Crippen molar-refractivity contribution in [2.24, 2.45) is 12.8 Å². The number of ether oxygens (including phenoxy) is 1.